The Morgan fingerprint density at radius 3 is 1.84 bits per heavy atom. The number of carbonyl (C=O) groups is 2. The number of hydrogen-bond acceptors (Lipinski definition) is 5. The van der Waals surface area contributed by atoms with E-state index in [1.165, 1.54) is 24.3 Å². The molecule has 0 amide bonds. The number of aromatic hydroxyl groups is 2. The predicted molar refractivity (Wildman–Crippen MR) is 62.1 cm³/mol. The summed E-state index contributed by atoms with van der Waals surface area (Å²) in [7, 11) is 0. The van der Waals surface area contributed by atoms with Crippen LogP contribution < -0.4 is 4.84 Å². The Bertz CT molecular complexity index is 609. The predicted octanol–water partition coefficient (Wildman–Crippen LogP) is 0.866. The van der Waals surface area contributed by atoms with Crippen molar-refractivity contribution in [3.63, 3.8) is 0 Å². The van der Waals surface area contributed by atoms with Gasteiger partial charge in [0.2, 0.25) is 11.8 Å². The Morgan fingerprint density at radius 1 is 0.895 bits per heavy atom. The Hall–Kier alpha value is -2.96. The molecule has 7 heteroatoms. The van der Waals surface area contributed by atoms with Gasteiger partial charge < -0.3 is 20.2 Å². The third kappa shape index (κ3) is 2.49. The first-order valence-electron chi connectivity index (χ1n) is 5.15. The molecule has 98 valence electrons. The number of aromatic carboxylic acids is 1. The van der Waals surface area contributed by atoms with Crippen molar-refractivity contribution in [2.45, 2.75) is 0 Å². The number of carboxylic acids is 1. The minimum Gasteiger partial charge on any atom is -0.492 e. The van der Waals surface area contributed by atoms with Gasteiger partial charge in [-0.1, -0.05) is 0 Å². The number of aromatic nitrogens is 1. The Kier molecular flexibility index (Phi) is 3.11. The van der Waals surface area contributed by atoms with Crippen LogP contribution in [0, 0.1) is 0 Å². The molecule has 0 unspecified atom stereocenters. The van der Waals surface area contributed by atoms with Gasteiger partial charge in [0.25, 0.3) is 0 Å². The first-order valence-corrected chi connectivity index (χ1v) is 5.15. The number of carbonyl (C=O) groups excluding carboxylic acids is 1. The van der Waals surface area contributed by atoms with Crippen molar-refractivity contribution in [2.24, 2.45) is 0 Å². The highest BCUT2D eigenvalue weighted by molar-refractivity contribution is 5.92. The molecule has 1 heterocycles. The molecule has 0 aliphatic heterocycles. The quantitative estimate of drug-likeness (QED) is 0.758. The third-order valence-electron chi connectivity index (χ3n) is 2.34. The maximum atomic E-state index is 11.7. The average molecular weight is 263 g/mol. The molecule has 2 aromatic rings. The fraction of sp³-hybridized carbons (Fsp3) is 0. The molecule has 2 rings (SSSR count). The van der Waals surface area contributed by atoms with Gasteiger partial charge in [-0.05, 0) is 24.3 Å². The Balaban J connectivity index is 2.18. The van der Waals surface area contributed by atoms with Crippen LogP contribution in [0.3, 0.4) is 0 Å². The third-order valence-corrected chi connectivity index (χ3v) is 2.34. The highest BCUT2D eigenvalue weighted by atomic mass is 16.7. The lowest BCUT2D eigenvalue weighted by atomic mass is 10.1. The summed E-state index contributed by atoms with van der Waals surface area (Å²) in [5.74, 6) is -2.83. The van der Waals surface area contributed by atoms with Crippen LogP contribution in [-0.4, -0.2) is 32.0 Å². The van der Waals surface area contributed by atoms with Gasteiger partial charge in [0.15, 0.2) is 0 Å². The SMILES string of the molecule is O=C(O)c1ccc(C(=O)On2c(O)ccc2O)cc1. The molecule has 0 saturated heterocycles. The lowest BCUT2D eigenvalue weighted by molar-refractivity contribution is 0.0381. The van der Waals surface area contributed by atoms with Gasteiger partial charge in [-0.2, -0.15) is 0 Å². The highest BCUT2D eigenvalue weighted by Gasteiger charge is 2.14. The van der Waals surface area contributed by atoms with E-state index in [1.807, 2.05) is 0 Å². The molecular weight excluding hydrogens is 254 g/mol. The van der Waals surface area contributed by atoms with Crippen LogP contribution in [0.15, 0.2) is 36.4 Å². The largest absolute Gasteiger partial charge is 0.492 e. The summed E-state index contributed by atoms with van der Waals surface area (Å²) in [6, 6.07) is 7.32. The van der Waals surface area contributed by atoms with E-state index in [0.717, 1.165) is 12.1 Å². The molecular formula is C12H9NO6. The minimum absolute atomic E-state index is 0.0307. The normalized spacial score (nSPS) is 10.1. The summed E-state index contributed by atoms with van der Waals surface area (Å²) in [4.78, 5) is 27.1. The fourth-order valence-electron chi connectivity index (χ4n) is 1.38. The van der Waals surface area contributed by atoms with Gasteiger partial charge in [-0.25, -0.2) is 9.59 Å². The van der Waals surface area contributed by atoms with Gasteiger partial charge in [-0.3, -0.25) is 0 Å². The fourth-order valence-corrected chi connectivity index (χ4v) is 1.38. The summed E-state index contributed by atoms with van der Waals surface area (Å²) in [6.07, 6.45) is 0. The minimum atomic E-state index is -1.11. The molecule has 0 fully saturated rings. The van der Waals surface area contributed by atoms with Crippen LogP contribution in [-0.2, 0) is 0 Å². The van der Waals surface area contributed by atoms with E-state index < -0.39 is 23.7 Å². The van der Waals surface area contributed by atoms with Gasteiger partial charge in [0.1, 0.15) is 0 Å². The Labute approximate surface area is 106 Å². The van der Waals surface area contributed by atoms with Crippen molar-refractivity contribution in [3.05, 3.63) is 47.5 Å². The van der Waals surface area contributed by atoms with Crippen LogP contribution >= 0.6 is 0 Å². The summed E-state index contributed by atoms with van der Waals surface area (Å²) in [6.45, 7) is 0. The molecule has 3 N–H and O–H groups in total. The molecule has 0 bridgehead atoms. The maximum absolute atomic E-state index is 11.7. The number of rotatable bonds is 3. The maximum Gasteiger partial charge on any atom is 0.363 e. The van der Waals surface area contributed by atoms with Crippen LogP contribution in [0.2, 0.25) is 0 Å². The molecule has 0 radical (unpaired) electrons. The van der Waals surface area contributed by atoms with E-state index in [1.54, 1.807) is 0 Å². The summed E-state index contributed by atoms with van der Waals surface area (Å²) in [5.41, 5.74) is 0.112. The van der Waals surface area contributed by atoms with E-state index in [-0.39, 0.29) is 11.1 Å². The molecule has 0 spiro atoms. The molecule has 0 saturated carbocycles. The summed E-state index contributed by atoms with van der Waals surface area (Å²) in [5, 5.41) is 27.3. The highest BCUT2D eigenvalue weighted by Crippen LogP contribution is 2.19. The van der Waals surface area contributed by atoms with E-state index >= 15 is 0 Å². The smallest absolute Gasteiger partial charge is 0.363 e. The molecule has 0 aliphatic carbocycles. The second-order valence-corrected chi connectivity index (χ2v) is 3.61. The topological polar surface area (TPSA) is 109 Å². The second-order valence-electron chi connectivity index (χ2n) is 3.61. The van der Waals surface area contributed by atoms with Crippen LogP contribution in [0.4, 0.5) is 0 Å². The van der Waals surface area contributed by atoms with Crippen molar-refractivity contribution in [2.75, 3.05) is 0 Å². The van der Waals surface area contributed by atoms with Crippen LogP contribution in [0.5, 0.6) is 11.8 Å². The number of benzene rings is 1. The van der Waals surface area contributed by atoms with Crippen LogP contribution in [0.1, 0.15) is 20.7 Å². The first kappa shape index (κ1) is 12.5. The monoisotopic (exact) mass is 263 g/mol. The zero-order chi connectivity index (χ0) is 14.0. The number of carboxylic acid groups (broad SMARTS) is 1. The van der Waals surface area contributed by atoms with Crippen molar-refractivity contribution >= 4 is 11.9 Å². The zero-order valence-corrected chi connectivity index (χ0v) is 9.48. The van der Waals surface area contributed by atoms with Gasteiger partial charge in [0.05, 0.1) is 11.1 Å². The van der Waals surface area contributed by atoms with Crippen molar-refractivity contribution in [1.29, 1.82) is 0 Å². The van der Waals surface area contributed by atoms with Crippen molar-refractivity contribution in [3.8, 4) is 11.8 Å². The van der Waals surface area contributed by atoms with E-state index in [0.29, 0.717) is 4.73 Å². The van der Waals surface area contributed by atoms with Crippen molar-refractivity contribution in [1.82, 2.24) is 4.73 Å². The zero-order valence-electron chi connectivity index (χ0n) is 9.48. The molecule has 19 heavy (non-hydrogen) atoms. The van der Waals surface area contributed by atoms with E-state index in [4.69, 9.17) is 9.94 Å². The summed E-state index contributed by atoms with van der Waals surface area (Å²) >= 11 is 0. The Morgan fingerprint density at radius 2 is 1.37 bits per heavy atom. The number of nitrogens with zero attached hydrogens (tertiary/aromatic N) is 1. The standard InChI is InChI=1S/C12H9NO6/c14-9-5-6-10(15)13(9)19-12(18)8-3-1-7(2-4-8)11(16)17/h1-6,14-15H,(H,16,17). The average Bonchev–Trinajstić information content (AvgIpc) is 2.70. The van der Waals surface area contributed by atoms with Crippen molar-refractivity contribution < 1.29 is 29.7 Å². The molecule has 7 nitrogen and oxygen atoms in total. The molecule has 1 aromatic carbocycles. The van der Waals surface area contributed by atoms with Gasteiger partial charge >= 0.3 is 11.9 Å². The molecule has 0 aliphatic rings. The lowest BCUT2D eigenvalue weighted by Crippen LogP contribution is -2.19. The van der Waals surface area contributed by atoms with Gasteiger partial charge in [0, 0.05) is 12.1 Å². The van der Waals surface area contributed by atoms with E-state index in [2.05, 4.69) is 0 Å². The van der Waals surface area contributed by atoms with Crippen LogP contribution in [0.25, 0.3) is 0 Å². The summed E-state index contributed by atoms with van der Waals surface area (Å²) < 4.78 is 0.549. The van der Waals surface area contributed by atoms with Gasteiger partial charge in [-0.15, -0.1) is 4.73 Å². The molecule has 0 atom stereocenters. The number of hydrogen-bond donors (Lipinski definition) is 3. The second kappa shape index (κ2) is 4.73. The lowest BCUT2D eigenvalue weighted by Gasteiger charge is -2.06. The van der Waals surface area contributed by atoms with E-state index in [9.17, 15) is 19.8 Å². The molecule has 1 aromatic heterocycles. The first-order chi connectivity index (χ1) is 8.99.